The number of rotatable bonds is 2. The summed E-state index contributed by atoms with van der Waals surface area (Å²) in [5.74, 6) is 0.311. The molecule has 0 aliphatic heterocycles. The van der Waals surface area contributed by atoms with E-state index in [1.165, 1.54) is 0 Å². The van der Waals surface area contributed by atoms with Crippen molar-refractivity contribution in [1.82, 2.24) is 0 Å². The van der Waals surface area contributed by atoms with Crippen molar-refractivity contribution in [1.29, 1.82) is 0 Å². The van der Waals surface area contributed by atoms with Gasteiger partial charge in [0, 0.05) is 10.9 Å². The Balaban J connectivity index is 2.07. The van der Waals surface area contributed by atoms with Crippen molar-refractivity contribution in [2.24, 2.45) is 0 Å². The van der Waals surface area contributed by atoms with Gasteiger partial charge >= 0.3 is 0 Å². The first kappa shape index (κ1) is 10.8. The summed E-state index contributed by atoms with van der Waals surface area (Å²) in [6, 6.07) is 16.9. The van der Waals surface area contributed by atoms with Gasteiger partial charge in [-0.15, -0.1) is 0 Å². The molecule has 0 N–H and O–H groups in total. The zero-order valence-corrected chi connectivity index (χ0v) is 10.0. The van der Waals surface area contributed by atoms with Crippen LogP contribution in [0.2, 0.25) is 0 Å². The average molecular weight is 234 g/mol. The van der Waals surface area contributed by atoms with Crippen molar-refractivity contribution in [3.63, 3.8) is 0 Å². The van der Waals surface area contributed by atoms with E-state index in [4.69, 9.17) is 4.42 Å². The molecule has 2 nitrogen and oxygen atoms in total. The van der Waals surface area contributed by atoms with Crippen molar-refractivity contribution < 1.29 is 9.21 Å². The number of fused-ring (bicyclic) bond motifs is 1. The minimum Gasteiger partial charge on any atom is -0.453 e. The topological polar surface area (TPSA) is 30.2 Å². The monoisotopic (exact) mass is 234 g/mol. The third-order valence-corrected chi connectivity index (χ3v) is 2.93. The van der Waals surface area contributed by atoms with Gasteiger partial charge in [0.25, 0.3) is 0 Å². The largest absolute Gasteiger partial charge is 0.453 e. The van der Waals surface area contributed by atoms with Crippen LogP contribution in [0.15, 0.2) is 59.0 Å². The van der Waals surface area contributed by atoms with Crippen molar-refractivity contribution >= 4 is 30.1 Å². The molecule has 0 unspecified atom stereocenters. The van der Waals surface area contributed by atoms with Gasteiger partial charge < -0.3 is 4.42 Å². The second kappa shape index (κ2) is 4.19. The average Bonchev–Trinajstić information content (AvgIpc) is 2.81. The molecule has 18 heavy (non-hydrogen) atoms. The number of hydrogen-bond donors (Lipinski definition) is 0. The highest BCUT2D eigenvalue weighted by Crippen LogP contribution is 2.20. The van der Waals surface area contributed by atoms with E-state index in [0.717, 1.165) is 16.4 Å². The lowest BCUT2D eigenvalue weighted by atomic mass is 9.95. The number of ketones is 1. The van der Waals surface area contributed by atoms with E-state index in [0.29, 0.717) is 11.3 Å². The first-order chi connectivity index (χ1) is 8.74. The summed E-state index contributed by atoms with van der Waals surface area (Å²) < 4.78 is 5.59. The van der Waals surface area contributed by atoms with Crippen LogP contribution in [0.5, 0.6) is 0 Å². The molecule has 2 aromatic carbocycles. The molecule has 0 saturated carbocycles. The van der Waals surface area contributed by atoms with Gasteiger partial charge in [-0.1, -0.05) is 47.9 Å². The summed E-state index contributed by atoms with van der Waals surface area (Å²) in [4.78, 5) is 12.2. The SMILES string of the molecule is Bc1ccc2oc(C(=O)c3ccccc3)cc2c1. The minimum atomic E-state index is -0.0792. The molecule has 3 heteroatoms. The van der Waals surface area contributed by atoms with Gasteiger partial charge in [0.1, 0.15) is 13.4 Å². The van der Waals surface area contributed by atoms with E-state index >= 15 is 0 Å². The van der Waals surface area contributed by atoms with E-state index in [9.17, 15) is 4.79 Å². The molecule has 0 aliphatic rings. The Kier molecular flexibility index (Phi) is 2.52. The van der Waals surface area contributed by atoms with E-state index < -0.39 is 0 Å². The smallest absolute Gasteiger partial charge is 0.228 e. The van der Waals surface area contributed by atoms with Crippen LogP contribution < -0.4 is 5.46 Å². The summed E-state index contributed by atoms with van der Waals surface area (Å²) in [5, 5.41) is 0.967. The highest BCUT2D eigenvalue weighted by atomic mass is 16.3. The lowest BCUT2D eigenvalue weighted by Gasteiger charge is -1.95. The summed E-state index contributed by atoms with van der Waals surface area (Å²) >= 11 is 0. The maximum atomic E-state index is 12.2. The van der Waals surface area contributed by atoms with E-state index in [-0.39, 0.29) is 5.78 Å². The maximum absolute atomic E-state index is 12.2. The Hall–Kier alpha value is -2.29. The van der Waals surface area contributed by atoms with Crippen LogP contribution in [0.25, 0.3) is 11.0 Å². The third kappa shape index (κ3) is 1.84. The van der Waals surface area contributed by atoms with E-state index in [1.54, 1.807) is 18.2 Å². The molecule has 3 aromatic rings. The van der Waals surface area contributed by atoms with Crippen LogP contribution in [0.4, 0.5) is 0 Å². The Morgan fingerprint density at radius 1 is 1.00 bits per heavy atom. The van der Waals surface area contributed by atoms with Crippen LogP contribution in [0, 0.1) is 0 Å². The van der Waals surface area contributed by atoms with Gasteiger partial charge in [0.15, 0.2) is 5.76 Å². The predicted octanol–water partition coefficient (Wildman–Crippen LogP) is 1.92. The number of carbonyl (C=O) groups excluding carboxylic acids is 1. The minimum absolute atomic E-state index is 0.0792. The molecule has 0 saturated heterocycles. The molecule has 0 aliphatic carbocycles. The molecule has 0 radical (unpaired) electrons. The van der Waals surface area contributed by atoms with Crippen LogP contribution in [-0.4, -0.2) is 13.6 Å². The standard InChI is InChI=1S/C15H11BO2/c16-12-6-7-13-11(8-12)9-14(18-13)15(17)10-4-2-1-3-5-10/h1-9H,16H2. The molecule has 0 bridgehead atoms. The fraction of sp³-hybridized carbons (Fsp3) is 0. The Morgan fingerprint density at radius 3 is 2.56 bits per heavy atom. The molecular formula is C15H11BO2. The molecule has 0 fully saturated rings. The lowest BCUT2D eigenvalue weighted by molar-refractivity contribution is 0.101. The van der Waals surface area contributed by atoms with Crippen molar-refractivity contribution in [2.75, 3.05) is 0 Å². The van der Waals surface area contributed by atoms with Crippen LogP contribution >= 0.6 is 0 Å². The van der Waals surface area contributed by atoms with Crippen molar-refractivity contribution in [3.05, 3.63) is 65.9 Å². The fourth-order valence-electron chi connectivity index (χ4n) is 2.01. The maximum Gasteiger partial charge on any atom is 0.228 e. The summed E-state index contributed by atoms with van der Waals surface area (Å²) in [5.41, 5.74) is 2.55. The molecular weight excluding hydrogens is 223 g/mol. The summed E-state index contributed by atoms with van der Waals surface area (Å²) in [6.45, 7) is 0. The lowest BCUT2D eigenvalue weighted by Crippen LogP contribution is -1.98. The second-order valence-corrected chi connectivity index (χ2v) is 4.35. The van der Waals surface area contributed by atoms with Gasteiger partial charge in [0.05, 0.1) is 0 Å². The van der Waals surface area contributed by atoms with Gasteiger partial charge in [-0.25, -0.2) is 0 Å². The van der Waals surface area contributed by atoms with Crippen molar-refractivity contribution in [2.45, 2.75) is 0 Å². The molecule has 1 heterocycles. The zero-order chi connectivity index (χ0) is 12.5. The van der Waals surface area contributed by atoms with Gasteiger partial charge in [-0.05, 0) is 12.1 Å². The van der Waals surface area contributed by atoms with Gasteiger partial charge in [-0.2, -0.15) is 0 Å². The Morgan fingerprint density at radius 2 is 1.78 bits per heavy atom. The second-order valence-electron chi connectivity index (χ2n) is 4.35. The third-order valence-electron chi connectivity index (χ3n) is 2.93. The highest BCUT2D eigenvalue weighted by Gasteiger charge is 2.13. The number of hydrogen-bond acceptors (Lipinski definition) is 2. The molecule has 1 aromatic heterocycles. The van der Waals surface area contributed by atoms with E-state index in [1.807, 2.05) is 44.2 Å². The van der Waals surface area contributed by atoms with Crippen LogP contribution in [0.1, 0.15) is 16.1 Å². The normalized spacial score (nSPS) is 10.7. The Labute approximate surface area is 106 Å². The Bertz CT molecular complexity index is 714. The van der Waals surface area contributed by atoms with Crippen LogP contribution in [-0.2, 0) is 0 Å². The quantitative estimate of drug-likeness (QED) is 0.501. The summed E-state index contributed by atoms with van der Waals surface area (Å²) in [6.07, 6.45) is 0. The van der Waals surface area contributed by atoms with Gasteiger partial charge in [-0.3, -0.25) is 4.79 Å². The molecule has 0 spiro atoms. The fourth-order valence-corrected chi connectivity index (χ4v) is 2.01. The first-order valence-corrected chi connectivity index (χ1v) is 5.84. The molecule has 0 amide bonds. The summed E-state index contributed by atoms with van der Waals surface area (Å²) in [7, 11) is 2.02. The number of benzene rings is 2. The highest BCUT2D eigenvalue weighted by molar-refractivity contribution is 6.33. The van der Waals surface area contributed by atoms with Gasteiger partial charge in [0.2, 0.25) is 5.78 Å². The van der Waals surface area contributed by atoms with E-state index in [2.05, 4.69) is 0 Å². The zero-order valence-electron chi connectivity index (χ0n) is 10.0. The first-order valence-electron chi connectivity index (χ1n) is 5.84. The molecule has 0 atom stereocenters. The number of carbonyl (C=O) groups is 1. The molecule has 86 valence electrons. The number of furan rings is 1. The molecule has 3 rings (SSSR count). The van der Waals surface area contributed by atoms with Crippen LogP contribution in [0.3, 0.4) is 0 Å². The predicted molar refractivity (Wildman–Crippen MR) is 74.3 cm³/mol. The van der Waals surface area contributed by atoms with Crippen molar-refractivity contribution in [3.8, 4) is 0 Å².